The Morgan fingerprint density at radius 3 is 3.21 bits per heavy atom. The van der Waals surface area contributed by atoms with Crippen LogP contribution in [0.2, 0.25) is 0 Å². The summed E-state index contributed by atoms with van der Waals surface area (Å²) >= 11 is 0. The van der Waals surface area contributed by atoms with Gasteiger partial charge in [-0.1, -0.05) is 6.92 Å². The van der Waals surface area contributed by atoms with Crippen LogP contribution in [0.25, 0.3) is 0 Å². The van der Waals surface area contributed by atoms with Crippen molar-refractivity contribution in [2.24, 2.45) is 5.92 Å². The van der Waals surface area contributed by atoms with Crippen LogP contribution < -0.4 is 5.32 Å². The first kappa shape index (κ1) is 14.6. The predicted octanol–water partition coefficient (Wildman–Crippen LogP) is 2.25. The number of hydrogen-bond donors (Lipinski definition) is 1. The molecule has 19 heavy (non-hydrogen) atoms. The second-order valence-corrected chi connectivity index (χ2v) is 5.40. The lowest BCUT2D eigenvalue weighted by Crippen LogP contribution is -2.36. The summed E-state index contributed by atoms with van der Waals surface area (Å²) in [6.45, 7) is 8.09. The molecule has 1 unspecified atom stereocenters. The molecule has 0 radical (unpaired) electrons. The van der Waals surface area contributed by atoms with E-state index in [2.05, 4.69) is 23.2 Å². The molecule has 0 saturated carbocycles. The minimum atomic E-state index is 0.676. The lowest BCUT2D eigenvalue weighted by molar-refractivity contribution is 0.0840. The van der Waals surface area contributed by atoms with E-state index in [1.54, 1.807) is 7.11 Å². The summed E-state index contributed by atoms with van der Waals surface area (Å²) in [7, 11) is 1.79. The zero-order valence-corrected chi connectivity index (χ0v) is 12.2. The van der Waals surface area contributed by atoms with E-state index in [0.717, 1.165) is 38.5 Å². The van der Waals surface area contributed by atoms with E-state index in [1.165, 1.54) is 24.9 Å². The highest BCUT2D eigenvalue weighted by Gasteiger charge is 2.20. The molecule has 2 heterocycles. The van der Waals surface area contributed by atoms with Gasteiger partial charge < -0.3 is 14.5 Å². The van der Waals surface area contributed by atoms with Crippen LogP contribution in [-0.4, -0.2) is 38.3 Å². The number of nitrogens with one attached hydrogen (secondary N) is 1. The number of hydrogen-bond acceptors (Lipinski definition) is 4. The first-order chi connectivity index (χ1) is 9.31. The van der Waals surface area contributed by atoms with Gasteiger partial charge in [-0.15, -0.1) is 0 Å². The number of ether oxygens (including phenoxy) is 1. The molecule has 1 aliphatic rings. The van der Waals surface area contributed by atoms with E-state index < -0.39 is 0 Å². The molecule has 0 spiro atoms. The van der Waals surface area contributed by atoms with Crippen LogP contribution >= 0.6 is 0 Å². The summed E-state index contributed by atoms with van der Waals surface area (Å²) in [5.74, 6) is 1.75. The highest BCUT2D eigenvalue weighted by Crippen LogP contribution is 2.19. The summed E-state index contributed by atoms with van der Waals surface area (Å²) in [4.78, 5) is 2.48. The van der Waals surface area contributed by atoms with Crippen LogP contribution in [0.3, 0.4) is 0 Å². The van der Waals surface area contributed by atoms with Crippen molar-refractivity contribution in [3.8, 4) is 0 Å². The molecule has 4 nitrogen and oxygen atoms in total. The molecule has 0 aromatic carbocycles. The van der Waals surface area contributed by atoms with Gasteiger partial charge >= 0.3 is 0 Å². The SMILES string of the molecule is CCNCc1coc(CN2CCCC(COC)C2)c1. The molecule has 1 N–H and O–H groups in total. The Kier molecular flexibility index (Phi) is 5.89. The summed E-state index contributed by atoms with van der Waals surface area (Å²) < 4.78 is 10.9. The normalized spacial score (nSPS) is 20.8. The van der Waals surface area contributed by atoms with Crippen molar-refractivity contribution in [3.63, 3.8) is 0 Å². The molecule has 1 saturated heterocycles. The Morgan fingerprint density at radius 2 is 2.42 bits per heavy atom. The molecule has 1 aromatic heterocycles. The summed E-state index contributed by atoms with van der Waals surface area (Å²) in [6, 6.07) is 2.17. The van der Waals surface area contributed by atoms with E-state index in [0.29, 0.717) is 5.92 Å². The minimum absolute atomic E-state index is 0.676. The Morgan fingerprint density at radius 1 is 1.53 bits per heavy atom. The molecule has 1 aromatic rings. The van der Waals surface area contributed by atoms with E-state index in [1.807, 2.05) is 6.26 Å². The lowest BCUT2D eigenvalue weighted by atomic mass is 9.99. The first-order valence-electron chi connectivity index (χ1n) is 7.30. The monoisotopic (exact) mass is 266 g/mol. The summed E-state index contributed by atoms with van der Waals surface area (Å²) in [6.07, 6.45) is 4.42. The maximum Gasteiger partial charge on any atom is 0.118 e. The fourth-order valence-corrected chi connectivity index (χ4v) is 2.76. The number of rotatable bonds is 7. The van der Waals surface area contributed by atoms with Crippen molar-refractivity contribution in [1.29, 1.82) is 0 Å². The number of likely N-dealkylation sites (tertiary alicyclic amines) is 1. The molecule has 108 valence electrons. The van der Waals surface area contributed by atoms with E-state index in [9.17, 15) is 0 Å². The topological polar surface area (TPSA) is 37.6 Å². The standard InChI is InChI=1S/C15H26N2O2/c1-3-16-8-14-7-15(19-12-14)10-17-6-4-5-13(9-17)11-18-2/h7,12-13,16H,3-6,8-11H2,1-2H3. The second-order valence-electron chi connectivity index (χ2n) is 5.40. The van der Waals surface area contributed by atoms with Gasteiger partial charge in [0.25, 0.3) is 0 Å². The van der Waals surface area contributed by atoms with Gasteiger partial charge in [0.15, 0.2) is 0 Å². The third-order valence-corrected chi connectivity index (χ3v) is 3.67. The van der Waals surface area contributed by atoms with Crippen molar-refractivity contribution in [3.05, 3.63) is 23.7 Å². The molecule has 4 heteroatoms. The van der Waals surface area contributed by atoms with E-state index in [4.69, 9.17) is 9.15 Å². The smallest absolute Gasteiger partial charge is 0.118 e. The van der Waals surface area contributed by atoms with Gasteiger partial charge in [-0.25, -0.2) is 0 Å². The van der Waals surface area contributed by atoms with Crippen LogP contribution in [0.4, 0.5) is 0 Å². The first-order valence-corrected chi connectivity index (χ1v) is 7.30. The molecule has 0 amide bonds. The zero-order valence-electron chi connectivity index (χ0n) is 12.2. The van der Waals surface area contributed by atoms with Gasteiger partial charge in [-0.05, 0) is 37.9 Å². The quantitative estimate of drug-likeness (QED) is 0.821. The minimum Gasteiger partial charge on any atom is -0.468 e. The van der Waals surface area contributed by atoms with E-state index in [-0.39, 0.29) is 0 Å². The molecule has 2 rings (SSSR count). The van der Waals surface area contributed by atoms with E-state index >= 15 is 0 Å². The Labute approximate surface area is 116 Å². The zero-order chi connectivity index (χ0) is 13.5. The number of nitrogens with zero attached hydrogens (tertiary/aromatic N) is 1. The maximum absolute atomic E-state index is 5.65. The third-order valence-electron chi connectivity index (χ3n) is 3.67. The van der Waals surface area contributed by atoms with Crippen molar-refractivity contribution >= 4 is 0 Å². The second kappa shape index (κ2) is 7.68. The van der Waals surface area contributed by atoms with Crippen LogP contribution in [-0.2, 0) is 17.8 Å². The van der Waals surface area contributed by atoms with Crippen molar-refractivity contribution in [2.45, 2.75) is 32.9 Å². The molecule has 1 atom stereocenters. The fraction of sp³-hybridized carbons (Fsp3) is 0.733. The molecular formula is C15H26N2O2. The maximum atomic E-state index is 5.65. The van der Waals surface area contributed by atoms with Crippen LogP contribution in [0.5, 0.6) is 0 Å². The number of furan rings is 1. The fourth-order valence-electron chi connectivity index (χ4n) is 2.76. The van der Waals surface area contributed by atoms with Crippen molar-refractivity contribution < 1.29 is 9.15 Å². The molecule has 0 bridgehead atoms. The highest BCUT2D eigenvalue weighted by molar-refractivity contribution is 5.12. The van der Waals surface area contributed by atoms with Gasteiger partial charge in [0.2, 0.25) is 0 Å². The Balaban J connectivity index is 1.81. The van der Waals surface area contributed by atoms with Crippen LogP contribution in [0, 0.1) is 5.92 Å². The largest absolute Gasteiger partial charge is 0.468 e. The summed E-state index contributed by atoms with van der Waals surface area (Å²) in [5, 5.41) is 3.32. The average Bonchev–Trinajstić information content (AvgIpc) is 2.85. The molecular weight excluding hydrogens is 240 g/mol. The lowest BCUT2D eigenvalue weighted by Gasteiger charge is -2.31. The van der Waals surface area contributed by atoms with Gasteiger partial charge in [-0.3, -0.25) is 4.90 Å². The number of piperidine rings is 1. The van der Waals surface area contributed by atoms with Crippen LogP contribution in [0.15, 0.2) is 16.7 Å². The van der Waals surface area contributed by atoms with Gasteiger partial charge in [0.05, 0.1) is 19.4 Å². The predicted molar refractivity (Wildman–Crippen MR) is 76.0 cm³/mol. The number of methoxy groups -OCH3 is 1. The molecule has 1 fully saturated rings. The molecule has 1 aliphatic heterocycles. The summed E-state index contributed by atoms with van der Waals surface area (Å²) in [5.41, 5.74) is 1.24. The molecule has 0 aliphatic carbocycles. The third kappa shape index (κ3) is 4.64. The Hall–Kier alpha value is -0.840. The van der Waals surface area contributed by atoms with Gasteiger partial charge in [-0.2, -0.15) is 0 Å². The van der Waals surface area contributed by atoms with Crippen molar-refractivity contribution in [1.82, 2.24) is 10.2 Å². The average molecular weight is 266 g/mol. The van der Waals surface area contributed by atoms with Crippen molar-refractivity contribution in [2.75, 3.05) is 33.4 Å². The van der Waals surface area contributed by atoms with Gasteiger partial charge in [0.1, 0.15) is 5.76 Å². The van der Waals surface area contributed by atoms with Crippen LogP contribution in [0.1, 0.15) is 31.1 Å². The Bertz CT molecular complexity index is 363. The highest BCUT2D eigenvalue weighted by atomic mass is 16.5. The van der Waals surface area contributed by atoms with Gasteiger partial charge in [0, 0.05) is 25.8 Å².